The van der Waals surface area contributed by atoms with Crippen LogP contribution in [-0.2, 0) is 4.79 Å². The van der Waals surface area contributed by atoms with Gasteiger partial charge in [-0.1, -0.05) is 12.2 Å². The second kappa shape index (κ2) is 4.85. The van der Waals surface area contributed by atoms with Crippen LogP contribution < -0.4 is 5.32 Å². The van der Waals surface area contributed by atoms with Crippen LogP contribution in [0.15, 0.2) is 24.3 Å². The Kier molecular flexibility index (Phi) is 3.74. The summed E-state index contributed by atoms with van der Waals surface area (Å²) in [6, 6.07) is 0. The summed E-state index contributed by atoms with van der Waals surface area (Å²) in [5, 5.41) is 2.68. The highest BCUT2D eigenvalue weighted by molar-refractivity contribution is 5.94. The highest BCUT2D eigenvalue weighted by atomic mass is 16.1. The van der Waals surface area contributed by atoms with E-state index in [-0.39, 0.29) is 5.91 Å². The van der Waals surface area contributed by atoms with Crippen molar-refractivity contribution in [1.29, 1.82) is 0 Å². The fourth-order valence-corrected chi connectivity index (χ4v) is 1.80. The van der Waals surface area contributed by atoms with Crippen LogP contribution in [0.2, 0.25) is 0 Å². The van der Waals surface area contributed by atoms with E-state index in [1.165, 1.54) is 0 Å². The average Bonchev–Trinajstić information content (AvgIpc) is 2.61. The normalized spacial score (nSPS) is 21.0. The van der Waals surface area contributed by atoms with E-state index in [1.807, 2.05) is 6.08 Å². The summed E-state index contributed by atoms with van der Waals surface area (Å²) in [7, 11) is 1.69. The van der Waals surface area contributed by atoms with Gasteiger partial charge in [0.25, 0.3) is 0 Å². The van der Waals surface area contributed by atoms with Crippen molar-refractivity contribution in [3.8, 4) is 0 Å². The fourth-order valence-electron chi connectivity index (χ4n) is 1.80. The molecule has 0 saturated heterocycles. The minimum absolute atomic E-state index is 0.0894. The van der Waals surface area contributed by atoms with Crippen molar-refractivity contribution in [3.05, 3.63) is 24.3 Å². The molecule has 0 fully saturated rings. The maximum atomic E-state index is 11.4. The number of nitrogens with one attached hydrogen (secondary N) is 1. The highest BCUT2D eigenvalue weighted by Gasteiger charge is 2.22. The van der Waals surface area contributed by atoms with Gasteiger partial charge in [-0.25, -0.2) is 0 Å². The Morgan fingerprint density at radius 3 is 3.23 bits per heavy atom. The molecule has 0 heterocycles. The second-order valence-electron chi connectivity index (χ2n) is 3.38. The third-order valence-corrected chi connectivity index (χ3v) is 2.53. The lowest BCUT2D eigenvalue weighted by atomic mass is 9.95. The first-order valence-corrected chi connectivity index (χ1v) is 4.82. The summed E-state index contributed by atoms with van der Waals surface area (Å²) in [5.41, 5.74) is 0.976. The maximum absolute atomic E-state index is 11.4. The lowest BCUT2D eigenvalue weighted by molar-refractivity contribution is -0.117. The fraction of sp³-hybridized carbons (Fsp3) is 0.545. The molecule has 0 aromatic rings. The first-order valence-electron chi connectivity index (χ1n) is 4.82. The van der Waals surface area contributed by atoms with E-state index < -0.39 is 0 Å². The minimum atomic E-state index is 0.0894. The molecule has 0 aromatic carbocycles. The van der Waals surface area contributed by atoms with Gasteiger partial charge >= 0.3 is 0 Å². The SMILES string of the molecule is C=CCCC1CCC=C1C(=O)NC. The molecule has 1 N–H and O–H groups in total. The third-order valence-electron chi connectivity index (χ3n) is 2.53. The van der Waals surface area contributed by atoms with E-state index in [1.54, 1.807) is 7.05 Å². The van der Waals surface area contributed by atoms with Crippen LogP contribution >= 0.6 is 0 Å². The van der Waals surface area contributed by atoms with Crippen molar-refractivity contribution in [1.82, 2.24) is 5.32 Å². The molecule has 0 radical (unpaired) electrons. The van der Waals surface area contributed by atoms with Crippen LogP contribution in [0.1, 0.15) is 25.7 Å². The summed E-state index contributed by atoms with van der Waals surface area (Å²) in [4.78, 5) is 11.4. The molecule has 1 aliphatic rings. The van der Waals surface area contributed by atoms with Crippen molar-refractivity contribution in [3.63, 3.8) is 0 Å². The smallest absolute Gasteiger partial charge is 0.246 e. The molecule has 0 aliphatic heterocycles. The Morgan fingerprint density at radius 1 is 1.85 bits per heavy atom. The molecule has 0 bridgehead atoms. The van der Waals surface area contributed by atoms with E-state index in [0.29, 0.717) is 5.92 Å². The molecular formula is C11H17NO. The van der Waals surface area contributed by atoms with Crippen LogP contribution in [0.25, 0.3) is 0 Å². The largest absolute Gasteiger partial charge is 0.355 e. The van der Waals surface area contributed by atoms with Gasteiger partial charge in [0.15, 0.2) is 0 Å². The van der Waals surface area contributed by atoms with Crippen molar-refractivity contribution in [2.75, 3.05) is 7.05 Å². The minimum Gasteiger partial charge on any atom is -0.355 e. The second-order valence-corrected chi connectivity index (χ2v) is 3.38. The summed E-state index contributed by atoms with van der Waals surface area (Å²) >= 11 is 0. The van der Waals surface area contributed by atoms with Crippen molar-refractivity contribution in [2.45, 2.75) is 25.7 Å². The van der Waals surface area contributed by atoms with Gasteiger partial charge in [0.1, 0.15) is 0 Å². The molecule has 13 heavy (non-hydrogen) atoms. The van der Waals surface area contributed by atoms with E-state index in [9.17, 15) is 4.79 Å². The van der Waals surface area contributed by atoms with Gasteiger partial charge < -0.3 is 5.32 Å². The zero-order chi connectivity index (χ0) is 9.68. The van der Waals surface area contributed by atoms with Gasteiger partial charge in [0.05, 0.1) is 0 Å². The molecule has 2 nitrogen and oxygen atoms in total. The molecule has 1 aliphatic carbocycles. The first kappa shape index (κ1) is 10.0. The van der Waals surface area contributed by atoms with E-state index in [4.69, 9.17) is 0 Å². The summed E-state index contributed by atoms with van der Waals surface area (Å²) in [6.07, 6.45) is 8.20. The Hall–Kier alpha value is -1.05. The number of allylic oxidation sites excluding steroid dienone is 2. The number of carbonyl (C=O) groups is 1. The molecule has 1 amide bonds. The predicted octanol–water partition coefficient (Wildman–Crippen LogP) is 2.04. The number of rotatable bonds is 4. The van der Waals surface area contributed by atoms with Crippen LogP contribution in [-0.4, -0.2) is 13.0 Å². The highest BCUT2D eigenvalue weighted by Crippen LogP contribution is 2.29. The zero-order valence-electron chi connectivity index (χ0n) is 8.18. The predicted molar refractivity (Wildman–Crippen MR) is 54.3 cm³/mol. The number of hydrogen-bond donors (Lipinski definition) is 1. The first-order chi connectivity index (χ1) is 6.29. The molecule has 1 rings (SSSR count). The van der Waals surface area contributed by atoms with Gasteiger partial charge in [0.2, 0.25) is 5.91 Å². The van der Waals surface area contributed by atoms with Crippen LogP contribution in [0, 0.1) is 5.92 Å². The topological polar surface area (TPSA) is 29.1 Å². The van der Waals surface area contributed by atoms with Gasteiger partial charge in [-0.2, -0.15) is 0 Å². The molecule has 2 heteroatoms. The number of carbonyl (C=O) groups excluding carboxylic acids is 1. The molecular weight excluding hydrogens is 162 g/mol. The lowest BCUT2D eigenvalue weighted by Crippen LogP contribution is -2.22. The Labute approximate surface area is 79.7 Å². The van der Waals surface area contributed by atoms with Crippen LogP contribution in [0.4, 0.5) is 0 Å². The van der Waals surface area contributed by atoms with Gasteiger partial charge in [-0.3, -0.25) is 4.79 Å². The molecule has 72 valence electrons. The average molecular weight is 179 g/mol. The van der Waals surface area contributed by atoms with Crippen LogP contribution in [0.3, 0.4) is 0 Å². The number of likely N-dealkylation sites (N-methyl/N-ethyl adjacent to an activating group) is 1. The third kappa shape index (κ3) is 2.44. The lowest BCUT2D eigenvalue weighted by Gasteiger charge is -2.12. The maximum Gasteiger partial charge on any atom is 0.246 e. The standard InChI is InChI=1S/C11H17NO/c1-3-4-6-9-7-5-8-10(9)11(13)12-2/h3,8-9H,1,4-7H2,2H3,(H,12,13). The van der Waals surface area contributed by atoms with Gasteiger partial charge in [-0.05, 0) is 31.6 Å². The molecule has 0 spiro atoms. The van der Waals surface area contributed by atoms with Gasteiger partial charge in [0, 0.05) is 12.6 Å². The molecule has 0 saturated carbocycles. The van der Waals surface area contributed by atoms with Crippen LogP contribution in [0.5, 0.6) is 0 Å². The van der Waals surface area contributed by atoms with E-state index in [0.717, 1.165) is 31.3 Å². The Morgan fingerprint density at radius 2 is 2.62 bits per heavy atom. The van der Waals surface area contributed by atoms with E-state index >= 15 is 0 Å². The quantitative estimate of drug-likeness (QED) is 0.657. The zero-order valence-corrected chi connectivity index (χ0v) is 8.18. The summed E-state index contributed by atoms with van der Waals surface area (Å²) < 4.78 is 0. The number of amides is 1. The van der Waals surface area contributed by atoms with Crippen molar-refractivity contribution in [2.24, 2.45) is 5.92 Å². The van der Waals surface area contributed by atoms with Crippen molar-refractivity contribution >= 4 is 5.91 Å². The van der Waals surface area contributed by atoms with E-state index in [2.05, 4.69) is 18.0 Å². The monoisotopic (exact) mass is 179 g/mol. The molecule has 0 aromatic heterocycles. The summed E-state index contributed by atoms with van der Waals surface area (Å²) in [5.74, 6) is 0.546. The summed E-state index contributed by atoms with van der Waals surface area (Å²) in [6.45, 7) is 3.69. The van der Waals surface area contributed by atoms with Gasteiger partial charge in [-0.15, -0.1) is 6.58 Å². The molecule has 1 atom stereocenters. The Balaban J connectivity index is 2.52. The van der Waals surface area contributed by atoms with Crippen molar-refractivity contribution < 1.29 is 4.79 Å². The molecule has 1 unspecified atom stereocenters. The Bertz CT molecular complexity index is 230. The number of hydrogen-bond acceptors (Lipinski definition) is 1.